The third-order valence-corrected chi connectivity index (χ3v) is 5.71. The zero-order valence-corrected chi connectivity index (χ0v) is 19.5. The number of hydrogen-bond donors (Lipinski definition) is 0. The van der Waals surface area contributed by atoms with E-state index in [-0.39, 0.29) is 37.3 Å². The van der Waals surface area contributed by atoms with Crippen LogP contribution in [0.4, 0.5) is 24.5 Å². The third kappa shape index (κ3) is 5.70. The predicted molar refractivity (Wildman–Crippen MR) is 126 cm³/mol. The van der Waals surface area contributed by atoms with Crippen LogP contribution in [0.15, 0.2) is 66.7 Å². The fraction of sp³-hybridized carbons (Fsp3) is 0.231. The molecule has 0 aromatic heterocycles. The van der Waals surface area contributed by atoms with Gasteiger partial charge in [-0.2, -0.15) is 0 Å². The lowest BCUT2D eigenvalue weighted by molar-refractivity contribution is -0.274. The fourth-order valence-corrected chi connectivity index (χ4v) is 3.88. The molecule has 3 aromatic carbocycles. The number of anilines is 2. The summed E-state index contributed by atoms with van der Waals surface area (Å²) in [4.78, 5) is 27.7. The van der Waals surface area contributed by atoms with Gasteiger partial charge >= 0.3 is 12.3 Å². The fourth-order valence-electron chi connectivity index (χ4n) is 3.88. The van der Waals surface area contributed by atoms with Crippen LogP contribution in [0.2, 0.25) is 0 Å². The van der Waals surface area contributed by atoms with Crippen LogP contribution in [0.3, 0.4) is 0 Å². The number of benzene rings is 3. The van der Waals surface area contributed by atoms with Gasteiger partial charge in [0, 0.05) is 24.0 Å². The molecule has 188 valence electrons. The van der Waals surface area contributed by atoms with Gasteiger partial charge in [0.25, 0.3) is 5.91 Å². The van der Waals surface area contributed by atoms with Gasteiger partial charge in [-0.15, -0.1) is 13.2 Å². The molecule has 4 rings (SSSR count). The minimum Gasteiger partial charge on any atom is -0.489 e. The maximum Gasteiger partial charge on any atom is 0.573 e. The van der Waals surface area contributed by atoms with Gasteiger partial charge in [0.2, 0.25) is 0 Å². The first-order chi connectivity index (χ1) is 17.1. The Morgan fingerprint density at radius 2 is 1.67 bits per heavy atom. The molecule has 1 heterocycles. The number of carbonyl (C=O) groups is 2. The van der Waals surface area contributed by atoms with Gasteiger partial charge in [0.1, 0.15) is 24.7 Å². The van der Waals surface area contributed by atoms with Crippen molar-refractivity contribution >= 4 is 23.3 Å². The maximum absolute atomic E-state index is 13.0. The number of fused-ring (bicyclic) bond motifs is 1. The molecule has 0 radical (unpaired) electrons. The highest BCUT2D eigenvalue weighted by molar-refractivity contribution is 6.10. The van der Waals surface area contributed by atoms with Gasteiger partial charge < -0.3 is 24.0 Å². The average Bonchev–Trinajstić information content (AvgIpc) is 3.19. The van der Waals surface area contributed by atoms with Crippen LogP contribution in [-0.4, -0.2) is 38.9 Å². The summed E-state index contributed by atoms with van der Waals surface area (Å²) in [7, 11) is 3.11. The van der Waals surface area contributed by atoms with Crippen molar-refractivity contribution in [1.82, 2.24) is 0 Å². The number of nitrogens with zero attached hydrogens (tertiary/aromatic N) is 2. The highest BCUT2D eigenvalue weighted by Gasteiger charge is 2.32. The molecule has 0 atom stereocenters. The van der Waals surface area contributed by atoms with Gasteiger partial charge in [-0.1, -0.05) is 12.1 Å². The molecule has 3 aromatic rings. The van der Waals surface area contributed by atoms with E-state index in [1.165, 1.54) is 36.3 Å². The van der Waals surface area contributed by atoms with Crippen LogP contribution < -0.4 is 19.3 Å². The molecule has 0 unspecified atom stereocenters. The quantitative estimate of drug-likeness (QED) is 0.409. The number of amides is 1. The zero-order valence-electron chi connectivity index (χ0n) is 19.5. The molecule has 1 amide bonds. The van der Waals surface area contributed by atoms with Crippen molar-refractivity contribution in [3.05, 3.63) is 83.4 Å². The van der Waals surface area contributed by atoms with Crippen LogP contribution in [0.5, 0.6) is 11.5 Å². The summed E-state index contributed by atoms with van der Waals surface area (Å²) in [6.07, 6.45) is -4.78. The van der Waals surface area contributed by atoms with E-state index < -0.39 is 6.36 Å². The summed E-state index contributed by atoms with van der Waals surface area (Å²) >= 11 is 0. The van der Waals surface area contributed by atoms with Crippen molar-refractivity contribution < 1.29 is 37.0 Å². The number of carbonyl (C=O) groups excluding carboxylic acids is 2. The van der Waals surface area contributed by atoms with E-state index in [0.717, 1.165) is 16.8 Å². The number of likely N-dealkylation sites (N-methyl/N-ethyl adjacent to an activating group) is 1. The van der Waals surface area contributed by atoms with Crippen molar-refractivity contribution in [2.75, 3.05) is 30.5 Å². The van der Waals surface area contributed by atoms with E-state index in [0.29, 0.717) is 17.0 Å². The SMILES string of the molecule is COC(=O)CN(C)c1ccc(OCc2cccc3c2CN(c2ccc(OC(F)(F)F)cc2)C3=O)cc1. The maximum atomic E-state index is 13.0. The molecule has 36 heavy (non-hydrogen) atoms. The molecule has 1 aliphatic heterocycles. The molecular weight excluding hydrogens is 477 g/mol. The highest BCUT2D eigenvalue weighted by atomic mass is 19.4. The van der Waals surface area contributed by atoms with Crippen molar-refractivity contribution in [3.63, 3.8) is 0 Å². The molecule has 0 aliphatic carbocycles. The molecule has 0 fully saturated rings. The highest BCUT2D eigenvalue weighted by Crippen LogP contribution is 2.33. The zero-order chi connectivity index (χ0) is 25.9. The van der Waals surface area contributed by atoms with E-state index in [2.05, 4.69) is 9.47 Å². The van der Waals surface area contributed by atoms with E-state index in [9.17, 15) is 22.8 Å². The lowest BCUT2D eigenvalue weighted by Gasteiger charge is -2.18. The van der Waals surface area contributed by atoms with E-state index >= 15 is 0 Å². The third-order valence-electron chi connectivity index (χ3n) is 5.71. The summed E-state index contributed by atoms with van der Waals surface area (Å²) in [6, 6.07) is 17.8. The van der Waals surface area contributed by atoms with E-state index in [1.807, 2.05) is 18.2 Å². The predicted octanol–water partition coefficient (Wildman–Crippen LogP) is 4.93. The van der Waals surface area contributed by atoms with Crippen LogP contribution in [0.25, 0.3) is 0 Å². The standard InChI is InChI=1S/C26H23F3N2O5/c1-30(15-24(32)34-2)18-6-10-20(11-7-18)35-16-17-4-3-5-22-23(17)14-31(25(22)33)19-8-12-21(13-9-19)36-26(27,28)29/h3-13H,14-16H2,1-2H3. The molecule has 0 saturated carbocycles. The molecule has 7 nitrogen and oxygen atoms in total. The van der Waals surface area contributed by atoms with Crippen LogP contribution >= 0.6 is 0 Å². The Morgan fingerprint density at radius 1 is 1.00 bits per heavy atom. The molecule has 1 aliphatic rings. The smallest absolute Gasteiger partial charge is 0.489 e. The summed E-state index contributed by atoms with van der Waals surface area (Å²) in [6.45, 7) is 0.611. The number of halogens is 3. The van der Waals surface area contributed by atoms with Gasteiger partial charge in [-0.3, -0.25) is 9.59 Å². The lowest BCUT2D eigenvalue weighted by atomic mass is 10.0. The first-order valence-corrected chi connectivity index (χ1v) is 10.9. The Hall–Kier alpha value is -4.21. The monoisotopic (exact) mass is 500 g/mol. The van der Waals surface area contributed by atoms with Crippen LogP contribution in [0, 0.1) is 0 Å². The van der Waals surface area contributed by atoms with Gasteiger partial charge in [-0.25, -0.2) is 0 Å². The number of methoxy groups -OCH3 is 1. The second-order valence-electron chi connectivity index (χ2n) is 8.09. The van der Waals surface area contributed by atoms with Crippen molar-refractivity contribution in [2.24, 2.45) is 0 Å². The van der Waals surface area contributed by atoms with Crippen molar-refractivity contribution in [3.8, 4) is 11.5 Å². The van der Waals surface area contributed by atoms with Crippen LogP contribution in [0.1, 0.15) is 21.5 Å². The van der Waals surface area contributed by atoms with Crippen LogP contribution in [-0.2, 0) is 22.7 Å². The Balaban J connectivity index is 1.43. The lowest BCUT2D eigenvalue weighted by Crippen LogP contribution is -2.26. The normalized spacial score (nSPS) is 12.8. The van der Waals surface area contributed by atoms with Crippen molar-refractivity contribution in [2.45, 2.75) is 19.5 Å². The molecule has 10 heteroatoms. The Kier molecular flexibility index (Phi) is 7.05. The minimum atomic E-state index is -4.78. The summed E-state index contributed by atoms with van der Waals surface area (Å²) in [5.41, 5.74) is 3.43. The summed E-state index contributed by atoms with van der Waals surface area (Å²) < 4.78 is 51.8. The minimum absolute atomic E-state index is 0.121. The number of ether oxygens (including phenoxy) is 3. The summed E-state index contributed by atoms with van der Waals surface area (Å²) in [5, 5.41) is 0. The molecular formula is C26H23F3N2O5. The number of rotatable bonds is 8. The topological polar surface area (TPSA) is 68.3 Å². The largest absolute Gasteiger partial charge is 0.573 e. The van der Waals surface area contributed by atoms with E-state index in [4.69, 9.17) is 4.74 Å². The molecule has 0 spiro atoms. The van der Waals surface area contributed by atoms with Crippen molar-refractivity contribution in [1.29, 1.82) is 0 Å². The van der Waals surface area contributed by atoms with Gasteiger partial charge in [0.05, 0.1) is 13.7 Å². The average molecular weight is 500 g/mol. The Bertz CT molecular complexity index is 1240. The molecule has 0 N–H and O–H groups in total. The van der Waals surface area contributed by atoms with Gasteiger partial charge in [-0.05, 0) is 65.7 Å². The molecule has 0 bridgehead atoms. The van der Waals surface area contributed by atoms with E-state index in [1.54, 1.807) is 36.2 Å². The first kappa shape index (κ1) is 24.9. The number of hydrogen-bond acceptors (Lipinski definition) is 6. The Labute approximate surface area is 205 Å². The second kappa shape index (κ2) is 10.2. The van der Waals surface area contributed by atoms with Gasteiger partial charge in [0.15, 0.2) is 0 Å². The molecule has 0 saturated heterocycles. The summed E-state index contributed by atoms with van der Waals surface area (Å²) in [5.74, 6) is -0.324. The first-order valence-electron chi connectivity index (χ1n) is 10.9. The second-order valence-corrected chi connectivity index (χ2v) is 8.09. The number of alkyl halides is 3. The Morgan fingerprint density at radius 3 is 2.31 bits per heavy atom. The number of esters is 1.